The van der Waals surface area contributed by atoms with E-state index in [0.717, 1.165) is 0 Å². The van der Waals surface area contributed by atoms with Crippen molar-refractivity contribution in [2.45, 2.75) is 11.8 Å². The van der Waals surface area contributed by atoms with Gasteiger partial charge in [0.2, 0.25) is 0 Å². The fraction of sp³-hybridized carbons (Fsp3) is 0.154. The molecule has 0 fully saturated rings. The smallest absolute Gasteiger partial charge is 0.265 e. The van der Waals surface area contributed by atoms with Crippen molar-refractivity contribution in [2.75, 3.05) is 11.1 Å². The highest BCUT2D eigenvalue weighted by molar-refractivity contribution is 7.91. The van der Waals surface area contributed by atoms with Crippen molar-refractivity contribution in [3.05, 3.63) is 40.6 Å². The van der Waals surface area contributed by atoms with Gasteiger partial charge in [-0.15, -0.1) is 11.3 Å². The maximum absolute atomic E-state index is 11.9. The number of amides is 1. The second-order valence-electron chi connectivity index (χ2n) is 4.01. The molecule has 0 saturated heterocycles. The summed E-state index contributed by atoms with van der Waals surface area (Å²) in [7, 11) is -3.39. The van der Waals surface area contributed by atoms with E-state index in [1.54, 1.807) is 17.5 Å². The van der Waals surface area contributed by atoms with Gasteiger partial charge < -0.3 is 10.4 Å². The molecule has 1 aromatic carbocycles. The van der Waals surface area contributed by atoms with Crippen LogP contribution in [0.4, 0.5) is 5.69 Å². The highest BCUT2D eigenvalue weighted by atomic mass is 32.2. The quantitative estimate of drug-likeness (QED) is 0.850. The molecule has 0 atom stereocenters. The minimum absolute atomic E-state index is 0.0455. The Labute approximate surface area is 120 Å². The molecule has 0 spiro atoms. The highest BCUT2D eigenvalue weighted by Crippen LogP contribution is 2.27. The molecule has 1 aromatic heterocycles. The number of rotatable bonds is 4. The van der Waals surface area contributed by atoms with Crippen molar-refractivity contribution in [3.63, 3.8) is 0 Å². The summed E-state index contributed by atoms with van der Waals surface area (Å²) in [5, 5.41) is 14.0. The van der Waals surface area contributed by atoms with Gasteiger partial charge >= 0.3 is 0 Å². The van der Waals surface area contributed by atoms with E-state index in [1.807, 2.05) is 0 Å². The van der Waals surface area contributed by atoms with Crippen molar-refractivity contribution < 1.29 is 18.3 Å². The zero-order valence-electron chi connectivity index (χ0n) is 10.7. The lowest BCUT2D eigenvalue weighted by Gasteiger charge is -2.09. The topological polar surface area (TPSA) is 83.5 Å². The van der Waals surface area contributed by atoms with Crippen LogP contribution in [0.15, 0.2) is 40.6 Å². The summed E-state index contributed by atoms with van der Waals surface area (Å²) in [6.45, 7) is 1.53. The number of hydrogen-bond acceptors (Lipinski definition) is 5. The van der Waals surface area contributed by atoms with E-state index in [0.29, 0.717) is 4.88 Å². The fourth-order valence-corrected chi connectivity index (χ4v) is 3.09. The number of carbonyl (C=O) groups excluding carboxylic acids is 1. The predicted molar refractivity (Wildman–Crippen MR) is 78.1 cm³/mol. The first-order valence-electron chi connectivity index (χ1n) is 5.84. The van der Waals surface area contributed by atoms with Crippen LogP contribution < -0.4 is 5.32 Å². The van der Waals surface area contributed by atoms with Crippen LogP contribution in [-0.2, 0) is 9.84 Å². The molecular weight excluding hydrogens is 298 g/mol. The Balaban J connectivity index is 2.33. The summed E-state index contributed by atoms with van der Waals surface area (Å²) < 4.78 is 23.6. The molecule has 0 aliphatic rings. The number of sulfone groups is 1. The van der Waals surface area contributed by atoms with E-state index in [9.17, 15) is 18.3 Å². The first-order valence-corrected chi connectivity index (χ1v) is 8.38. The number of carbonyl (C=O) groups is 1. The number of thiophene rings is 1. The third-order valence-electron chi connectivity index (χ3n) is 2.70. The summed E-state index contributed by atoms with van der Waals surface area (Å²) in [5.74, 6) is -0.609. The zero-order valence-corrected chi connectivity index (χ0v) is 12.3. The van der Waals surface area contributed by atoms with Gasteiger partial charge in [-0.2, -0.15) is 0 Å². The lowest BCUT2D eigenvalue weighted by molar-refractivity contribution is 0.103. The van der Waals surface area contributed by atoms with Crippen molar-refractivity contribution in [3.8, 4) is 5.75 Å². The Bertz CT molecular complexity index is 721. The van der Waals surface area contributed by atoms with Crippen LogP contribution >= 0.6 is 11.3 Å². The molecule has 5 nitrogen and oxygen atoms in total. The van der Waals surface area contributed by atoms with Crippen molar-refractivity contribution >= 4 is 32.8 Å². The molecule has 2 rings (SSSR count). The van der Waals surface area contributed by atoms with Crippen LogP contribution in [0.3, 0.4) is 0 Å². The monoisotopic (exact) mass is 311 g/mol. The molecule has 2 aromatic rings. The second kappa shape index (κ2) is 5.64. The van der Waals surface area contributed by atoms with Gasteiger partial charge in [0.05, 0.1) is 21.2 Å². The van der Waals surface area contributed by atoms with Crippen LogP contribution in [0.2, 0.25) is 0 Å². The standard InChI is InChI=1S/C13H13NO4S2/c1-2-20(17,18)9-5-6-11(15)10(8-9)14-13(16)12-4-3-7-19-12/h3-8,15H,2H2,1H3,(H,14,16). The van der Waals surface area contributed by atoms with E-state index in [4.69, 9.17) is 0 Å². The van der Waals surface area contributed by atoms with Crippen LogP contribution in [0.5, 0.6) is 5.75 Å². The lowest BCUT2D eigenvalue weighted by Crippen LogP contribution is -2.11. The molecule has 0 bridgehead atoms. The zero-order chi connectivity index (χ0) is 14.8. The van der Waals surface area contributed by atoms with Gasteiger partial charge in [-0.25, -0.2) is 8.42 Å². The third-order valence-corrected chi connectivity index (χ3v) is 5.30. The number of hydrogen-bond donors (Lipinski definition) is 2. The first kappa shape index (κ1) is 14.5. The van der Waals surface area contributed by atoms with Crippen molar-refractivity contribution in [1.29, 1.82) is 0 Å². The molecule has 0 saturated carbocycles. The minimum Gasteiger partial charge on any atom is -0.506 e. The largest absolute Gasteiger partial charge is 0.506 e. The summed E-state index contributed by atoms with van der Waals surface area (Å²) in [6.07, 6.45) is 0. The van der Waals surface area contributed by atoms with Crippen LogP contribution in [-0.4, -0.2) is 25.2 Å². The third kappa shape index (κ3) is 3.00. The van der Waals surface area contributed by atoms with E-state index in [1.165, 1.54) is 36.5 Å². The summed E-state index contributed by atoms with van der Waals surface area (Å²) >= 11 is 1.26. The van der Waals surface area contributed by atoms with E-state index < -0.39 is 9.84 Å². The van der Waals surface area contributed by atoms with Crippen molar-refractivity contribution in [1.82, 2.24) is 0 Å². The van der Waals surface area contributed by atoms with E-state index >= 15 is 0 Å². The summed E-state index contributed by atoms with van der Waals surface area (Å²) in [6, 6.07) is 7.21. The van der Waals surface area contributed by atoms with Gasteiger partial charge in [0.1, 0.15) is 5.75 Å². The first-order chi connectivity index (χ1) is 9.44. The average molecular weight is 311 g/mol. The van der Waals surface area contributed by atoms with Crippen LogP contribution in [0.25, 0.3) is 0 Å². The van der Waals surface area contributed by atoms with Crippen LogP contribution in [0, 0.1) is 0 Å². The fourth-order valence-electron chi connectivity index (χ4n) is 1.57. The Morgan fingerprint density at radius 3 is 2.70 bits per heavy atom. The highest BCUT2D eigenvalue weighted by Gasteiger charge is 2.16. The molecule has 20 heavy (non-hydrogen) atoms. The van der Waals surface area contributed by atoms with Crippen LogP contribution in [0.1, 0.15) is 16.6 Å². The molecule has 106 valence electrons. The normalized spacial score (nSPS) is 11.2. The molecular formula is C13H13NO4S2. The lowest BCUT2D eigenvalue weighted by atomic mass is 10.3. The molecule has 0 unspecified atom stereocenters. The Kier molecular flexibility index (Phi) is 4.10. The molecule has 0 radical (unpaired) electrons. The number of anilines is 1. The molecule has 2 N–H and O–H groups in total. The Morgan fingerprint density at radius 2 is 2.10 bits per heavy atom. The Hall–Kier alpha value is -1.86. The predicted octanol–water partition coefficient (Wildman–Crippen LogP) is 2.50. The van der Waals surface area contributed by atoms with Crippen molar-refractivity contribution in [2.24, 2.45) is 0 Å². The number of nitrogens with one attached hydrogen (secondary N) is 1. The van der Waals surface area contributed by atoms with Gasteiger partial charge in [0, 0.05) is 0 Å². The molecule has 7 heteroatoms. The number of benzene rings is 1. The molecule has 0 aliphatic carbocycles. The van der Waals surface area contributed by atoms with E-state index in [2.05, 4.69) is 5.32 Å². The minimum atomic E-state index is -3.39. The maximum atomic E-state index is 11.9. The number of phenols is 1. The molecule has 0 aliphatic heterocycles. The summed E-state index contributed by atoms with van der Waals surface area (Å²) in [5.41, 5.74) is 0.0814. The maximum Gasteiger partial charge on any atom is 0.265 e. The second-order valence-corrected chi connectivity index (χ2v) is 7.24. The van der Waals surface area contributed by atoms with Gasteiger partial charge in [-0.05, 0) is 29.6 Å². The molecule has 1 amide bonds. The summed E-state index contributed by atoms with van der Waals surface area (Å²) in [4.78, 5) is 12.4. The number of aromatic hydroxyl groups is 1. The SMILES string of the molecule is CCS(=O)(=O)c1ccc(O)c(NC(=O)c2cccs2)c1. The number of phenolic OH excluding ortho intramolecular Hbond substituents is 1. The average Bonchev–Trinajstić information content (AvgIpc) is 2.95. The molecule has 1 heterocycles. The van der Waals surface area contributed by atoms with Gasteiger partial charge in [-0.1, -0.05) is 13.0 Å². The van der Waals surface area contributed by atoms with Gasteiger partial charge in [-0.3, -0.25) is 4.79 Å². The van der Waals surface area contributed by atoms with Gasteiger partial charge in [0.25, 0.3) is 5.91 Å². The van der Waals surface area contributed by atoms with E-state index in [-0.39, 0.29) is 28.0 Å². The van der Waals surface area contributed by atoms with Gasteiger partial charge in [0.15, 0.2) is 9.84 Å². The Morgan fingerprint density at radius 1 is 1.35 bits per heavy atom.